The number of carboxylic acid groups (broad SMARTS) is 1. The number of benzene rings is 1. The highest BCUT2D eigenvalue weighted by molar-refractivity contribution is 6.08. The molecule has 1 aromatic carbocycles. The van der Waals surface area contributed by atoms with Crippen LogP contribution in [0, 0.1) is 0 Å². The van der Waals surface area contributed by atoms with Gasteiger partial charge >= 0.3 is 12.0 Å². The van der Waals surface area contributed by atoms with Crippen molar-refractivity contribution in [2.45, 2.75) is 25.4 Å². The highest BCUT2D eigenvalue weighted by Crippen LogP contribution is 2.17. The van der Waals surface area contributed by atoms with Gasteiger partial charge in [-0.15, -0.1) is 0 Å². The summed E-state index contributed by atoms with van der Waals surface area (Å²) in [6.07, 6.45) is 0. The minimum atomic E-state index is -1.25. The third-order valence-electron chi connectivity index (χ3n) is 3.43. The maximum Gasteiger partial charge on any atom is 0.330 e. The van der Waals surface area contributed by atoms with Gasteiger partial charge in [-0.05, 0) is 19.4 Å². The largest absolute Gasteiger partial charge is 0.479 e. The number of nitrogens with zero attached hydrogens (tertiary/aromatic N) is 1. The number of carbonyl (C=O) groups is 4. The molecule has 3 N–H and O–H groups in total. The van der Waals surface area contributed by atoms with Crippen molar-refractivity contribution in [1.82, 2.24) is 15.5 Å². The number of nitrogens with one attached hydrogen (secondary N) is 2. The number of hydrogen-bond donors (Lipinski definition) is 3. The maximum atomic E-state index is 12.0. The van der Waals surface area contributed by atoms with Gasteiger partial charge in [0.15, 0.2) is 6.04 Å². The Labute approximate surface area is 132 Å². The first-order valence-corrected chi connectivity index (χ1v) is 6.93. The molecule has 1 aromatic rings. The summed E-state index contributed by atoms with van der Waals surface area (Å²) in [4.78, 5) is 47.9. The van der Waals surface area contributed by atoms with Crippen LogP contribution in [0.25, 0.3) is 0 Å². The minimum absolute atomic E-state index is 0.394. The van der Waals surface area contributed by atoms with Gasteiger partial charge in [0.05, 0.1) is 0 Å². The molecule has 0 aromatic heterocycles. The average molecular weight is 319 g/mol. The molecule has 0 aliphatic carbocycles. The van der Waals surface area contributed by atoms with Crippen LogP contribution in [0.3, 0.4) is 0 Å². The van der Waals surface area contributed by atoms with E-state index in [4.69, 9.17) is 0 Å². The summed E-state index contributed by atoms with van der Waals surface area (Å²) in [6.45, 7) is 2.51. The third kappa shape index (κ3) is 3.47. The van der Waals surface area contributed by atoms with Gasteiger partial charge in [-0.2, -0.15) is 0 Å². The maximum absolute atomic E-state index is 12.0. The minimum Gasteiger partial charge on any atom is -0.479 e. The van der Waals surface area contributed by atoms with E-state index in [0.29, 0.717) is 5.56 Å². The second-order valence-electron chi connectivity index (χ2n) is 5.70. The first-order valence-electron chi connectivity index (χ1n) is 6.93. The van der Waals surface area contributed by atoms with Crippen LogP contribution in [-0.2, 0) is 14.4 Å². The number of carboxylic acids is 1. The molecular formula is C15H17N3O5. The Morgan fingerprint density at radius 1 is 1.26 bits per heavy atom. The van der Waals surface area contributed by atoms with Crippen LogP contribution in [0.5, 0.6) is 0 Å². The molecule has 0 bridgehead atoms. The van der Waals surface area contributed by atoms with Gasteiger partial charge in [0.25, 0.3) is 5.91 Å². The van der Waals surface area contributed by atoms with E-state index in [9.17, 15) is 24.3 Å². The Hall–Kier alpha value is -2.90. The summed E-state index contributed by atoms with van der Waals surface area (Å²) < 4.78 is 0. The number of rotatable bonds is 5. The number of urea groups is 1. The van der Waals surface area contributed by atoms with Crippen molar-refractivity contribution in [3.8, 4) is 0 Å². The average Bonchev–Trinajstić information content (AvgIpc) is 2.67. The summed E-state index contributed by atoms with van der Waals surface area (Å²) in [5.74, 6) is -2.51. The zero-order valence-electron chi connectivity index (χ0n) is 12.7. The Morgan fingerprint density at radius 2 is 1.87 bits per heavy atom. The van der Waals surface area contributed by atoms with Crippen molar-refractivity contribution >= 4 is 23.8 Å². The molecule has 1 saturated heterocycles. The molecule has 1 heterocycles. The Bertz CT molecular complexity index is 656. The second kappa shape index (κ2) is 6.07. The van der Waals surface area contributed by atoms with E-state index >= 15 is 0 Å². The van der Waals surface area contributed by atoms with Gasteiger partial charge in [-0.25, -0.2) is 9.59 Å². The lowest BCUT2D eigenvalue weighted by molar-refractivity contribution is -0.142. The van der Waals surface area contributed by atoms with Crippen LogP contribution in [0.2, 0.25) is 0 Å². The summed E-state index contributed by atoms with van der Waals surface area (Å²) in [5, 5.41) is 14.0. The second-order valence-corrected chi connectivity index (χ2v) is 5.70. The lowest BCUT2D eigenvalue weighted by atomic mass is 10.1. The van der Waals surface area contributed by atoms with Crippen molar-refractivity contribution in [3.05, 3.63) is 35.9 Å². The van der Waals surface area contributed by atoms with Gasteiger partial charge in [0.2, 0.25) is 5.91 Å². The van der Waals surface area contributed by atoms with Crippen LogP contribution in [-0.4, -0.2) is 45.9 Å². The number of aliphatic carboxylic acids is 1. The summed E-state index contributed by atoms with van der Waals surface area (Å²) in [6, 6.07) is 6.22. The van der Waals surface area contributed by atoms with E-state index in [1.807, 2.05) is 0 Å². The van der Waals surface area contributed by atoms with Gasteiger partial charge < -0.3 is 15.7 Å². The predicted molar refractivity (Wildman–Crippen MR) is 79.3 cm³/mol. The van der Waals surface area contributed by atoms with E-state index in [0.717, 1.165) is 4.90 Å². The Morgan fingerprint density at radius 3 is 2.35 bits per heavy atom. The standard InChI is InChI=1S/C15H17N3O5/c1-15(2)13(22)18(14(23)17-15)8-10(19)16-11(12(20)21)9-6-4-3-5-7-9/h3-7,11H,8H2,1-2H3,(H,16,19)(H,17,23)(H,20,21)/t11-/m0/s1. The molecule has 1 aliphatic rings. The molecule has 4 amide bonds. The molecule has 8 nitrogen and oxygen atoms in total. The van der Waals surface area contributed by atoms with Crippen LogP contribution in [0.4, 0.5) is 4.79 Å². The molecule has 1 atom stereocenters. The summed E-state index contributed by atoms with van der Waals surface area (Å²) in [5.41, 5.74) is -0.686. The highest BCUT2D eigenvalue weighted by atomic mass is 16.4. The lowest BCUT2D eigenvalue weighted by Gasteiger charge is -2.18. The quantitative estimate of drug-likeness (QED) is 0.673. The molecule has 0 spiro atoms. The molecule has 2 rings (SSSR count). The fourth-order valence-corrected chi connectivity index (χ4v) is 2.24. The van der Waals surface area contributed by atoms with E-state index in [1.165, 1.54) is 13.8 Å². The lowest BCUT2D eigenvalue weighted by Crippen LogP contribution is -2.44. The van der Waals surface area contributed by atoms with E-state index in [2.05, 4.69) is 10.6 Å². The van der Waals surface area contributed by atoms with Gasteiger partial charge in [0.1, 0.15) is 12.1 Å². The number of hydrogen-bond acceptors (Lipinski definition) is 4. The van der Waals surface area contributed by atoms with Crippen molar-refractivity contribution in [2.75, 3.05) is 6.54 Å². The van der Waals surface area contributed by atoms with Gasteiger partial charge in [-0.1, -0.05) is 30.3 Å². The van der Waals surface area contributed by atoms with Crippen LogP contribution >= 0.6 is 0 Å². The van der Waals surface area contributed by atoms with Crippen molar-refractivity contribution in [3.63, 3.8) is 0 Å². The smallest absolute Gasteiger partial charge is 0.330 e. The first-order chi connectivity index (χ1) is 10.7. The third-order valence-corrected chi connectivity index (χ3v) is 3.43. The van der Waals surface area contributed by atoms with Crippen molar-refractivity contribution in [1.29, 1.82) is 0 Å². The molecule has 0 radical (unpaired) electrons. The molecule has 0 saturated carbocycles. The normalized spacial score (nSPS) is 17.6. The fourth-order valence-electron chi connectivity index (χ4n) is 2.24. The molecule has 23 heavy (non-hydrogen) atoms. The summed E-state index contributed by atoms with van der Waals surface area (Å²) >= 11 is 0. The molecule has 1 aliphatic heterocycles. The van der Waals surface area contributed by atoms with Gasteiger partial charge in [0, 0.05) is 0 Å². The predicted octanol–water partition coefficient (Wildman–Crippen LogP) is 0.259. The molecule has 122 valence electrons. The van der Waals surface area contributed by atoms with Crippen LogP contribution in [0.1, 0.15) is 25.5 Å². The first kappa shape index (κ1) is 16.5. The Balaban J connectivity index is 2.08. The molecular weight excluding hydrogens is 302 g/mol. The van der Waals surface area contributed by atoms with Crippen molar-refractivity contribution in [2.24, 2.45) is 0 Å². The zero-order chi connectivity index (χ0) is 17.2. The molecule has 0 unspecified atom stereocenters. The summed E-state index contributed by atoms with van der Waals surface area (Å²) in [7, 11) is 0. The van der Waals surface area contributed by atoms with E-state index in [-0.39, 0.29) is 0 Å². The molecule has 8 heteroatoms. The zero-order valence-corrected chi connectivity index (χ0v) is 12.7. The SMILES string of the molecule is CC1(C)NC(=O)N(CC(=O)N[C@H](C(=O)O)c2ccccc2)C1=O. The topological polar surface area (TPSA) is 116 Å². The fraction of sp³-hybridized carbons (Fsp3) is 0.333. The highest BCUT2D eigenvalue weighted by Gasteiger charge is 2.45. The van der Waals surface area contributed by atoms with Crippen LogP contribution in [0.15, 0.2) is 30.3 Å². The number of carbonyl (C=O) groups excluding carboxylic acids is 3. The van der Waals surface area contributed by atoms with Crippen molar-refractivity contribution < 1.29 is 24.3 Å². The number of imide groups is 1. The van der Waals surface area contributed by atoms with E-state index < -0.39 is 41.9 Å². The Kier molecular flexibility index (Phi) is 4.35. The molecule has 1 fully saturated rings. The van der Waals surface area contributed by atoms with E-state index in [1.54, 1.807) is 30.3 Å². The monoisotopic (exact) mass is 319 g/mol. The number of amides is 4. The van der Waals surface area contributed by atoms with Gasteiger partial charge in [-0.3, -0.25) is 14.5 Å². The van der Waals surface area contributed by atoms with Crippen LogP contribution < -0.4 is 10.6 Å².